The Morgan fingerprint density at radius 1 is 1.27 bits per heavy atom. The molecule has 0 aliphatic rings. The van der Waals surface area contributed by atoms with Gasteiger partial charge in [-0.2, -0.15) is 4.39 Å². The fourth-order valence-electron chi connectivity index (χ4n) is 1.99. The fourth-order valence-corrected chi connectivity index (χ4v) is 2.91. The predicted octanol–water partition coefficient (Wildman–Crippen LogP) is 2.41. The van der Waals surface area contributed by atoms with Crippen LogP contribution >= 0.6 is 15.9 Å². The first-order valence-corrected chi connectivity index (χ1v) is 9.36. The van der Waals surface area contributed by atoms with Crippen molar-refractivity contribution in [2.45, 2.75) is 4.90 Å². The van der Waals surface area contributed by atoms with Crippen LogP contribution in [-0.4, -0.2) is 39.8 Å². The first-order chi connectivity index (χ1) is 12.2. The molecule has 0 fully saturated rings. The van der Waals surface area contributed by atoms with Gasteiger partial charge in [-0.1, -0.05) is 0 Å². The average Bonchev–Trinajstić information content (AvgIpc) is 3.05. The van der Waals surface area contributed by atoms with Crippen LogP contribution < -0.4 is 0 Å². The quantitative estimate of drug-likeness (QED) is 0.438. The SMILES string of the molecule is CS(=O)(=O)c1ccc(-c2nnc(-c3nc(Br)cnc3F)o2)c([N+](=O)[O-])c1. The van der Waals surface area contributed by atoms with E-state index in [1.165, 1.54) is 6.07 Å². The monoisotopic (exact) mass is 443 g/mol. The molecule has 0 aliphatic heterocycles. The minimum atomic E-state index is -3.65. The molecule has 0 aliphatic carbocycles. The van der Waals surface area contributed by atoms with Crippen LogP contribution in [0.2, 0.25) is 0 Å². The van der Waals surface area contributed by atoms with E-state index >= 15 is 0 Å². The normalized spacial score (nSPS) is 11.5. The molecule has 26 heavy (non-hydrogen) atoms. The molecule has 13 heteroatoms. The molecular formula is C13H7BrFN5O5S. The van der Waals surface area contributed by atoms with Gasteiger partial charge in [0, 0.05) is 12.3 Å². The van der Waals surface area contributed by atoms with Crippen molar-refractivity contribution in [3.63, 3.8) is 0 Å². The van der Waals surface area contributed by atoms with Gasteiger partial charge >= 0.3 is 0 Å². The molecule has 2 aromatic heterocycles. The Labute approximate surface area is 153 Å². The molecule has 134 valence electrons. The van der Waals surface area contributed by atoms with Gasteiger partial charge in [0.2, 0.25) is 5.95 Å². The number of hydrogen-bond acceptors (Lipinski definition) is 9. The summed E-state index contributed by atoms with van der Waals surface area (Å²) in [4.78, 5) is 17.5. The smallest absolute Gasteiger partial charge is 0.283 e. The molecule has 0 amide bonds. The van der Waals surface area contributed by atoms with Crippen LogP contribution in [0.4, 0.5) is 10.1 Å². The van der Waals surface area contributed by atoms with E-state index in [9.17, 15) is 22.9 Å². The Hall–Kier alpha value is -2.80. The highest BCUT2D eigenvalue weighted by Gasteiger charge is 2.25. The Balaban J connectivity index is 2.12. The Morgan fingerprint density at radius 3 is 2.62 bits per heavy atom. The lowest BCUT2D eigenvalue weighted by atomic mass is 10.2. The second-order valence-corrected chi connectivity index (χ2v) is 7.78. The van der Waals surface area contributed by atoms with Crippen molar-refractivity contribution in [3.8, 4) is 23.0 Å². The summed E-state index contributed by atoms with van der Waals surface area (Å²) in [5, 5.41) is 18.5. The van der Waals surface area contributed by atoms with E-state index in [1.807, 2.05) is 0 Å². The maximum Gasteiger partial charge on any atom is 0.283 e. The summed E-state index contributed by atoms with van der Waals surface area (Å²) in [5.74, 6) is -1.61. The van der Waals surface area contributed by atoms with E-state index in [-0.39, 0.29) is 32.5 Å². The number of aromatic nitrogens is 4. The Bertz CT molecular complexity index is 1130. The molecule has 10 nitrogen and oxygen atoms in total. The third kappa shape index (κ3) is 3.43. The summed E-state index contributed by atoms with van der Waals surface area (Å²) in [6, 6.07) is 3.21. The summed E-state index contributed by atoms with van der Waals surface area (Å²) in [7, 11) is -3.65. The summed E-state index contributed by atoms with van der Waals surface area (Å²) in [6.45, 7) is 0. The van der Waals surface area contributed by atoms with Crippen molar-refractivity contribution >= 4 is 31.5 Å². The molecule has 0 bridgehead atoms. The first-order valence-electron chi connectivity index (χ1n) is 6.67. The summed E-state index contributed by atoms with van der Waals surface area (Å²) in [6.07, 6.45) is 2.05. The van der Waals surface area contributed by atoms with E-state index in [0.29, 0.717) is 0 Å². The number of benzene rings is 1. The minimum absolute atomic E-state index is 0.121. The molecule has 0 atom stereocenters. The van der Waals surface area contributed by atoms with Crippen molar-refractivity contribution in [3.05, 3.63) is 45.1 Å². The van der Waals surface area contributed by atoms with Gasteiger partial charge in [0.1, 0.15) is 10.2 Å². The van der Waals surface area contributed by atoms with Crippen LogP contribution in [0.1, 0.15) is 0 Å². The molecule has 3 aromatic rings. The van der Waals surface area contributed by atoms with Gasteiger partial charge in [-0.3, -0.25) is 10.1 Å². The zero-order valence-electron chi connectivity index (χ0n) is 12.8. The van der Waals surface area contributed by atoms with Crippen molar-refractivity contribution in [1.29, 1.82) is 0 Å². The van der Waals surface area contributed by atoms with Crippen LogP contribution in [0.5, 0.6) is 0 Å². The van der Waals surface area contributed by atoms with Gasteiger partial charge in [-0.05, 0) is 28.1 Å². The zero-order chi connectivity index (χ0) is 19.1. The van der Waals surface area contributed by atoms with E-state index in [4.69, 9.17) is 4.42 Å². The minimum Gasteiger partial charge on any atom is -0.414 e. The Kier molecular flexibility index (Phi) is 4.50. The van der Waals surface area contributed by atoms with Crippen LogP contribution in [-0.2, 0) is 9.84 Å². The second kappa shape index (κ2) is 6.49. The van der Waals surface area contributed by atoms with Gasteiger partial charge in [0.15, 0.2) is 15.5 Å². The highest BCUT2D eigenvalue weighted by atomic mass is 79.9. The summed E-state index contributed by atoms with van der Waals surface area (Å²) >= 11 is 3.03. The van der Waals surface area contributed by atoms with Gasteiger partial charge < -0.3 is 4.42 Å². The summed E-state index contributed by atoms with van der Waals surface area (Å²) < 4.78 is 42.4. The number of hydrogen-bond donors (Lipinski definition) is 0. The van der Waals surface area contributed by atoms with Gasteiger partial charge in [-0.25, -0.2) is 18.4 Å². The number of sulfone groups is 1. The average molecular weight is 444 g/mol. The van der Waals surface area contributed by atoms with Gasteiger partial charge in [0.25, 0.3) is 17.5 Å². The highest BCUT2D eigenvalue weighted by Crippen LogP contribution is 2.33. The lowest BCUT2D eigenvalue weighted by Crippen LogP contribution is -2.00. The maximum absolute atomic E-state index is 13.8. The van der Waals surface area contributed by atoms with Gasteiger partial charge in [-0.15, -0.1) is 10.2 Å². The number of rotatable bonds is 4. The van der Waals surface area contributed by atoms with Crippen molar-refractivity contribution in [1.82, 2.24) is 20.2 Å². The fraction of sp³-hybridized carbons (Fsp3) is 0.0769. The van der Waals surface area contributed by atoms with Crippen molar-refractivity contribution in [2.75, 3.05) is 6.26 Å². The number of nitro benzene ring substituents is 1. The summed E-state index contributed by atoms with van der Waals surface area (Å²) in [5.41, 5.74) is -1.01. The van der Waals surface area contributed by atoms with E-state index in [0.717, 1.165) is 24.6 Å². The standard InChI is InChI=1S/C13H7BrFN5O5S/c1-26(23,24)6-2-3-7(8(4-6)20(21)22)12-18-19-13(25-12)10-11(15)16-5-9(14)17-10/h2-5H,1H3. The third-order valence-electron chi connectivity index (χ3n) is 3.15. The predicted molar refractivity (Wildman–Crippen MR) is 88.2 cm³/mol. The van der Waals surface area contributed by atoms with E-state index < -0.39 is 26.4 Å². The molecule has 0 saturated carbocycles. The molecule has 0 radical (unpaired) electrons. The molecule has 0 spiro atoms. The van der Waals surface area contributed by atoms with E-state index in [2.05, 4.69) is 36.1 Å². The molecule has 3 rings (SSSR count). The third-order valence-corrected chi connectivity index (χ3v) is 4.64. The van der Waals surface area contributed by atoms with Crippen LogP contribution in [0.25, 0.3) is 23.0 Å². The molecular weight excluding hydrogens is 437 g/mol. The van der Waals surface area contributed by atoms with Crippen LogP contribution in [0.15, 0.2) is 38.3 Å². The Morgan fingerprint density at radius 2 is 1.96 bits per heavy atom. The molecule has 0 unspecified atom stereocenters. The van der Waals surface area contributed by atoms with Crippen LogP contribution in [0.3, 0.4) is 0 Å². The zero-order valence-corrected chi connectivity index (χ0v) is 15.2. The molecule has 0 saturated heterocycles. The number of halogens is 2. The van der Waals surface area contributed by atoms with Gasteiger partial charge in [0.05, 0.1) is 16.0 Å². The lowest BCUT2D eigenvalue weighted by molar-refractivity contribution is -0.384. The lowest BCUT2D eigenvalue weighted by Gasteiger charge is -2.02. The molecule has 1 aromatic carbocycles. The number of nitrogens with zero attached hydrogens (tertiary/aromatic N) is 5. The van der Waals surface area contributed by atoms with Crippen LogP contribution in [0, 0.1) is 16.1 Å². The topological polar surface area (TPSA) is 142 Å². The molecule has 0 N–H and O–H groups in total. The highest BCUT2D eigenvalue weighted by molar-refractivity contribution is 9.10. The molecule has 2 heterocycles. The largest absolute Gasteiger partial charge is 0.414 e. The second-order valence-electron chi connectivity index (χ2n) is 4.95. The van der Waals surface area contributed by atoms with Crippen molar-refractivity contribution in [2.24, 2.45) is 0 Å². The maximum atomic E-state index is 13.8. The first kappa shape index (κ1) is 18.0. The number of nitro groups is 1. The van der Waals surface area contributed by atoms with Crippen molar-refractivity contribution < 1.29 is 22.1 Å². The van der Waals surface area contributed by atoms with E-state index in [1.54, 1.807) is 0 Å².